The number of allylic oxidation sites excluding steroid dienone is 5. The zero-order valence-corrected chi connectivity index (χ0v) is 6.22. The highest BCUT2D eigenvalue weighted by molar-refractivity contribution is 5.10. The van der Waals surface area contributed by atoms with E-state index in [-0.39, 0.29) is 0 Å². The van der Waals surface area contributed by atoms with E-state index in [0.29, 0.717) is 0 Å². The van der Waals surface area contributed by atoms with Crippen LogP contribution in [0.15, 0.2) is 36.5 Å². The summed E-state index contributed by atoms with van der Waals surface area (Å²) >= 11 is 0. The van der Waals surface area contributed by atoms with Crippen LogP contribution >= 0.6 is 0 Å². The molecule has 0 amide bonds. The molecule has 0 heterocycles. The fraction of sp³-hybridized carbons (Fsp3) is 0.333. The zero-order chi connectivity index (χ0) is 7.11. The van der Waals surface area contributed by atoms with E-state index in [9.17, 15) is 0 Å². The molecule has 0 aromatic heterocycles. The van der Waals surface area contributed by atoms with E-state index < -0.39 is 0 Å². The fourth-order valence-corrected chi connectivity index (χ4v) is 0.573. The molecule has 0 N–H and O–H groups in total. The maximum absolute atomic E-state index is 3.61. The molecular weight excluding hydrogens is 108 g/mol. The van der Waals surface area contributed by atoms with Crippen molar-refractivity contribution in [3.63, 3.8) is 0 Å². The molecule has 0 aliphatic heterocycles. The molecule has 0 rings (SSSR count). The molecule has 0 bridgehead atoms. The van der Waals surface area contributed by atoms with Crippen LogP contribution < -0.4 is 0 Å². The normalized spacial score (nSPS) is 12.4. The van der Waals surface area contributed by atoms with E-state index in [4.69, 9.17) is 0 Å². The topological polar surface area (TPSA) is 0 Å². The van der Waals surface area contributed by atoms with Crippen LogP contribution in [-0.4, -0.2) is 0 Å². The lowest BCUT2D eigenvalue weighted by Gasteiger charge is -1.89. The number of hydrogen-bond donors (Lipinski definition) is 0. The predicted octanol–water partition coefficient (Wildman–Crippen LogP) is 3.08. The highest BCUT2D eigenvalue weighted by Gasteiger charge is 1.78. The Bertz CT molecular complexity index is 127. The van der Waals surface area contributed by atoms with Crippen molar-refractivity contribution in [1.29, 1.82) is 0 Å². The summed E-state index contributed by atoms with van der Waals surface area (Å²) in [6.45, 7) is 7.74. The van der Waals surface area contributed by atoms with Crippen LogP contribution in [0.4, 0.5) is 0 Å². The van der Waals surface area contributed by atoms with Gasteiger partial charge in [0.25, 0.3) is 0 Å². The van der Waals surface area contributed by atoms with Crippen LogP contribution in [0.25, 0.3) is 0 Å². The second-order valence-electron chi connectivity index (χ2n) is 2.02. The Labute approximate surface area is 57.6 Å². The first-order valence-electron chi connectivity index (χ1n) is 3.20. The Hall–Kier alpha value is -0.780. The van der Waals surface area contributed by atoms with Crippen molar-refractivity contribution in [3.05, 3.63) is 36.5 Å². The summed E-state index contributed by atoms with van der Waals surface area (Å²) in [7, 11) is 0. The third-order valence-electron chi connectivity index (χ3n) is 1.08. The highest BCUT2D eigenvalue weighted by atomic mass is 13.9. The average Bonchev–Trinajstić information content (AvgIpc) is 1.85. The minimum atomic E-state index is 1.04. The molecule has 0 aromatic carbocycles. The first-order valence-corrected chi connectivity index (χ1v) is 3.20. The Kier molecular flexibility index (Phi) is 4.89. The summed E-state index contributed by atoms with van der Waals surface area (Å²) in [6, 6.07) is 0. The Morgan fingerprint density at radius 3 is 2.67 bits per heavy atom. The van der Waals surface area contributed by atoms with Crippen molar-refractivity contribution in [2.75, 3.05) is 0 Å². The first kappa shape index (κ1) is 8.22. The van der Waals surface area contributed by atoms with Gasteiger partial charge in [-0.25, -0.2) is 0 Å². The molecule has 0 aliphatic carbocycles. The monoisotopic (exact) mass is 122 g/mol. The third-order valence-corrected chi connectivity index (χ3v) is 1.08. The molecule has 0 unspecified atom stereocenters. The smallest absolute Gasteiger partial charge is 0.0139 e. The molecule has 0 heteroatoms. The Balaban J connectivity index is 3.61. The van der Waals surface area contributed by atoms with Crippen LogP contribution in [0, 0.1) is 0 Å². The van der Waals surface area contributed by atoms with Crippen LogP contribution in [0.2, 0.25) is 0 Å². The standard InChI is InChI=1S/C9H14/c1-4-6-8-9(3)7-5-2/h4-7H,2,8H2,1,3H3/b6-4-,9-7+. The lowest BCUT2D eigenvalue weighted by molar-refractivity contribution is 1.21. The van der Waals surface area contributed by atoms with Gasteiger partial charge in [-0.15, -0.1) is 0 Å². The van der Waals surface area contributed by atoms with Crippen molar-refractivity contribution in [2.45, 2.75) is 20.3 Å². The van der Waals surface area contributed by atoms with E-state index >= 15 is 0 Å². The SMILES string of the molecule is C=C/C=C(\C)C/C=C\C. The number of hydrogen-bond acceptors (Lipinski definition) is 0. The minimum absolute atomic E-state index is 1.04. The van der Waals surface area contributed by atoms with Crippen LogP contribution in [-0.2, 0) is 0 Å². The van der Waals surface area contributed by atoms with Crippen molar-refractivity contribution in [1.82, 2.24) is 0 Å². The summed E-state index contributed by atoms with van der Waals surface area (Å²) in [4.78, 5) is 0. The molecule has 0 aliphatic rings. The van der Waals surface area contributed by atoms with Gasteiger partial charge in [-0.05, 0) is 20.3 Å². The van der Waals surface area contributed by atoms with Gasteiger partial charge in [-0.3, -0.25) is 0 Å². The van der Waals surface area contributed by atoms with Crippen molar-refractivity contribution >= 4 is 0 Å². The van der Waals surface area contributed by atoms with Gasteiger partial charge in [0.05, 0.1) is 0 Å². The molecule has 0 saturated carbocycles. The summed E-state index contributed by atoms with van der Waals surface area (Å²) < 4.78 is 0. The number of rotatable bonds is 3. The van der Waals surface area contributed by atoms with Gasteiger partial charge >= 0.3 is 0 Å². The molecule has 0 atom stereocenters. The molecule has 0 fully saturated rings. The summed E-state index contributed by atoms with van der Waals surface area (Å²) in [6.07, 6.45) is 9.08. The van der Waals surface area contributed by atoms with Gasteiger partial charge in [0.15, 0.2) is 0 Å². The predicted molar refractivity (Wildman–Crippen MR) is 43.4 cm³/mol. The van der Waals surface area contributed by atoms with Gasteiger partial charge in [0, 0.05) is 0 Å². The lowest BCUT2D eigenvalue weighted by Crippen LogP contribution is -1.68. The molecule has 9 heavy (non-hydrogen) atoms. The van der Waals surface area contributed by atoms with E-state index in [2.05, 4.69) is 25.7 Å². The van der Waals surface area contributed by atoms with E-state index in [1.54, 1.807) is 0 Å². The second kappa shape index (κ2) is 5.36. The van der Waals surface area contributed by atoms with E-state index in [0.717, 1.165) is 6.42 Å². The Morgan fingerprint density at radius 1 is 1.56 bits per heavy atom. The maximum Gasteiger partial charge on any atom is -0.0139 e. The Morgan fingerprint density at radius 2 is 2.22 bits per heavy atom. The molecule has 50 valence electrons. The minimum Gasteiger partial charge on any atom is -0.0991 e. The molecular formula is C9H14. The van der Waals surface area contributed by atoms with Crippen molar-refractivity contribution in [3.8, 4) is 0 Å². The first-order chi connectivity index (χ1) is 4.31. The van der Waals surface area contributed by atoms with Crippen LogP contribution in [0.5, 0.6) is 0 Å². The molecule has 0 saturated heterocycles. The van der Waals surface area contributed by atoms with Gasteiger partial charge < -0.3 is 0 Å². The summed E-state index contributed by atoms with van der Waals surface area (Å²) in [5.41, 5.74) is 1.35. The zero-order valence-electron chi connectivity index (χ0n) is 6.22. The van der Waals surface area contributed by atoms with Gasteiger partial charge in [0.2, 0.25) is 0 Å². The van der Waals surface area contributed by atoms with Crippen molar-refractivity contribution < 1.29 is 0 Å². The largest absolute Gasteiger partial charge is 0.0991 e. The fourth-order valence-electron chi connectivity index (χ4n) is 0.573. The maximum atomic E-state index is 3.61. The molecule has 0 nitrogen and oxygen atoms in total. The van der Waals surface area contributed by atoms with Crippen LogP contribution in [0.3, 0.4) is 0 Å². The van der Waals surface area contributed by atoms with Crippen LogP contribution in [0.1, 0.15) is 20.3 Å². The van der Waals surface area contributed by atoms with E-state index in [1.165, 1.54) is 5.57 Å². The quantitative estimate of drug-likeness (QED) is 0.398. The van der Waals surface area contributed by atoms with Crippen molar-refractivity contribution in [2.24, 2.45) is 0 Å². The molecule has 0 aromatic rings. The summed E-state index contributed by atoms with van der Waals surface area (Å²) in [5.74, 6) is 0. The van der Waals surface area contributed by atoms with Gasteiger partial charge in [-0.1, -0.05) is 36.5 Å². The molecule has 0 spiro atoms. The highest BCUT2D eigenvalue weighted by Crippen LogP contribution is 1.99. The van der Waals surface area contributed by atoms with Gasteiger partial charge in [-0.2, -0.15) is 0 Å². The summed E-state index contributed by atoms with van der Waals surface area (Å²) in [5, 5.41) is 0. The van der Waals surface area contributed by atoms with Gasteiger partial charge in [0.1, 0.15) is 0 Å². The second-order valence-corrected chi connectivity index (χ2v) is 2.02. The molecule has 0 radical (unpaired) electrons. The van der Waals surface area contributed by atoms with E-state index in [1.807, 2.05) is 19.1 Å². The third kappa shape index (κ3) is 5.09. The lowest BCUT2D eigenvalue weighted by atomic mass is 10.2. The average molecular weight is 122 g/mol.